The molecule has 1 N–H and O–H groups in total. The zero-order valence-corrected chi connectivity index (χ0v) is 15.2. The van der Waals surface area contributed by atoms with Gasteiger partial charge in [0.15, 0.2) is 5.82 Å². The number of likely N-dealkylation sites (tertiary alicyclic amines) is 1. The molecule has 1 atom stereocenters. The highest BCUT2D eigenvalue weighted by molar-refractivity contribution is 5.75. The van der Waals surface area contributed by atoms with Crippen LogP contribution in [-0.4, -0.2) is 58.1 Å². The number of benzene rings is 1. The Labute approximate surface area is 153 Å². The summed E-state index contributed by atoms with van der Waals surface area (Å²) in [6.45, 7) is 4.36. The second-order valence-corrected chi connectivity index (χ2v) is 6.38. The van der Waals surface area contributed by atoms with Crippen LogP contribution in [0.15, 0.2) is 36.7 Å². The first kappa shape index (κ1) is 18.2. The normalized spacial score (nSPS) is 15.4. The number of para-hydroxylation sites is 1. The lowest BCUT2D eigenvalue weighted by atomic mass is 10.2. The van der Waals surface area contributed by atoms with Crippen molar-refractivity contribution in [3.63, 3.8) is 0 Å². The summed E-state index contributed by atoms with van der Waals surface area (Å²) < 4.78 is 13.2. The van der Waals surface area contributed by atoms with Gasteiger partial charge in [-0.05, 0) is 19.1 Å². The number of aromatic nitrogens is 3. The van der Waals surface area contributed by atoms with Crippen LogP contribution in [0.1, 0.15) is 25.2 Å². The monoisotopic (exact) mass is 359 g/mol. The molecule has 8 heteroatoms. The van der Waals surface area contributed by atoms with Gasteiger partial charge in [-0.1, -0.05) is 18.2 Å². The van der Waals surface area contributed by atoms with Crippen molar-refractivity contribution < 1.29 is 14.3 Å². The third-order valence-corrected chi connectivity index (χ3v) is 4.26. The number of nitrogens with one attached hydrogen (secondary N) is 1. The topological polar surface area (TPSA) is 81.5 Å². The first-order valence-corrected chi connectivity index (χ1v) is 8.82. The minimum Gasteiger partial charge on any atom is -0.494 e. The van der Waals surface area contributed by atoms with Crippen LogP contribution in [0.3, 0.4) is 0 Å². The second-order valence-electron chi connectivity index (χ2n) is 6.38. The number of hydrogen-bond acceptors (Lipinski definition) is 5. The van der Waals surface area contributed by atoms with Crippen LogP contribution in [0.2, 0.25) is 0 Å². The van der Waals surface area contributed by atoms with Crippen molar-refractivity contribution >= 4 is 6.03 Å². The minimum atomic E-state index is -0.190. The second kappa shape index (κ2) is 8.66. The van der Waals surface area contributed by atoms with E-state index in [1.165, 1.54) is 0 Å². The molecule has 1 fully saturated rings. The van der Waals surface area contributed by atoms with Gasteiger partial charge in [0.05, 0.1) is 38.4 Å². The average Bonchev–Trinajstić information content (AvgIpc) is 3.03. The Morgan fingerprint density at radius 1 is 1.31 bits per heavy atom. The number of ether oxygens (including phenoxy) is 2. The van der Waals surface area contributed by atoms with Gasteiger partial charge in [-0.3, -0.25) is 0 Å². The van der Waals surface area contributed by atoms with E-state index in [2.05, 4.69) is 15.5 Å². The third kappa shape index (κ3) is 4.72. The van der Waals surface area contributed by atoms with E-state index in [0.717, 1.165) is 18.0 Å². The summed E-state index contributed by atoms with van der Waals surface area (Å²) in [5.74, 6) is 1.60. The number of aryl methyl sites for hydroxylation is 1. The Hall–Kier alpha value is -2.61. The van der Waals surface area contributed by atoms with Gasteiger partial charge in [-0.2, -0.15) is 0 Å². The predicted octanol–water partition coefficient (Wildman–Crippen LogP) is 1.76. The summed E-state index contributed by atoms with van der Waals surface area (Å²) in [4.78, 5) is 13.9. The Morgan fingerprint density at radius 3 is 2.77 bits per heavy atom. The van der Waals surface area contributed by atoms with Crippen LogP contribution >= 0.6 is 0 Å². The van der Waals surface area contributed by atoms with E-state index in [1.54, 1.807) is 15.8 Å². The van der Waals surface area contributed by atoms with Gasteiger partial charge in [-0.25, -0.2) is 4.79 Å². The highest BCUT2D eigenvalue weighted by Gasteiger charge is 2.32. The van der Waals surface area contributed by atoms with Crippen molar-refractivity contribution in [1.82, 2.24) is 25.0 Å². The van der Waals surface area contributed by atoms with Gasteiger partial charge in [0.1, 0.15) is 12.1 Å². The summed E-state index contributed by atoms with van der Waals surface area (Å²) in [6.07, 6.45) is 2.54. The number of hydrogen-bond donors (Lipinski definition) is 1. The van der Waals surface area contributed by atoms with Crippen molar-refractivity contribution in [2.75, 3.05) is 26.3 Å². The van der Waals surface area contributed by atoms with Crippen LogP contribution in [0.4, 0.5) is 4.79 Å². The van der Waals surface area contributed by atoms with E-state index in [0.29, 0.717) is 26.3 Å². The molecule has 2 amide bonds. The third-order valence-electron chi connectivity index (χ3n) is 4.26. The van der Waals surface area contributed by atoms with Crippen molar-refractivity contribution in [2.24, 2.45) is 7.05 Å². The Morgan fingerprint density at radius 2 is 2.08 bits per heavy atom. The molecule has 0 saturated carbocycles. The van der Waals surface area contributed by atoms with E-state index < -0.39 is 0 Å². The molecule has 1 saturated heterocycles. The molecule has 1 aliphatic heterocycles. The van der Waals surface area contributed by atoms with Gasteiger partial charge in [0.25, 0.3) is 0 Å². The van der Waals surface area contributed by atoms with E-state index in [-0.39, 0.29) is 18.2 Å². The van der Waals surface area contributed by atoms with Gasteiger partial charge in [0, 0.05) is 13.5 Å². The average molecular weight is 359 g/mol. The van der Waals surface area contributed by atoms with E-state index in [4.69, 9.17) is 9.47 Å². The molecule has 140 valence electrons. The standard InChI is InChI=1S/C18H25N5O3/c1-14(17-21-19-13-22(17)2)20-18(24)23-11-16(12-23)26-10-6-9-25-15-7-4-3-5-8-15/h3-5,7-8,13-14,16H,6,9-12H2,1-2H3,(H,20,24)/t14-/m0/s1. The predicted molar refractivity (Wildman–Crippen MR) is 95.8 cm³/mol. The molecular formula is C18H25N5O3. The summed E-state index contributed by atoms with van der Waals surface area (Å²) in [7, 11) is 1.85. The van der Waals surface area contributed by atoms with Gasteiger partial charge >= 0.3 is 6.03 Å². The molecule has 0 spiro atoms. The number of rotatable bonds is 8. The van der Waals surface area contributed by atoms with Crippen molar-refractivity contribution in [3.8, 4) is 5.75 Å². The van der Waals surface area contributed by atoms with Gasteiger partial charge in [-0.15, -0.1) is 10.2 Å². The molecule has 0 aliphatic carbocycles. The first-order valence-electron chi connectivity index (χ1n) is 8.82. The maximum atomic E-state index is 12.2. The molecule has 1 aromatic heterocycles. The maximum absolute atomic E-state index is 12.2. The first-order chi connectivity index (χ1) is 12.6. The molecule has 2 aromatic rings. The Bertz CT molecular complexity index is 700. The Kier molecular flexibility index (Phi) is 6.06. The molecule has 26 heavy (non-hydrogen) atoms. The van der Waals surface area contributed by atoms with Crippen LogP contribution in [-0.2, 0) is 11.8 Å². The van der Waals surface area contributed by atoms with Crippen LogP contribution < -0.4 is 10.1 Å². The van der Waals surface area contributed by atoms with Crippen LogP contribution in [0.25, 0.3) is 0 Å². The fraction of sp³-hybridized carbons (Fsp3) is 0.500. The largest absolute Gasteiger partial charge is 0.494 e. The highest BCUT2D eigenvalue weighted by Crippen LogP contribution is 2.15. The van der Waals surface area contributed by atoms with E-state index in [1.807, 2.05) is 44.3 Å². The fourth-order valence-electron chi connectivity index (χ4n) is 2.75. The summed E-state index contributed by atoms with van der Waals surface area (Å²) >= 11 is 0. The summed E-state index contributed by atoms with van der Waals surface area (Å²) in [5, 5.41) is 10.8. The van der Waals surface area contributed by atoms with Crippen molar-refractivity contribution in [2.45, 2.75) is 25.5 Å². The Balaban J connectivity index is 1.27. The van der Waals surface area contributed by atoms with Crippen molar-refractivity contribution in [1.29, 1.82) is 0 Å². The van der Waals surface area contributed by atoms with Gasteiger partial charge in [0.2, 0.25) is 0 Å². The van der Waals surface area contributed by atoms with Crippen LogP contribution in [0.5, 0.6) is 5.75 Å². The van der Waals surface area contributed by atoms with Gasteiger partial charge < -0.3 is 24.3 Å². The fourth-order valence-corrected chi connectivity index (χ4v) is 2.75. The quantitative estimate of drug-likeness (QED) is 0.726. The van der Waals surface area contributed by atoms with Crippen molar-refractivity contribution in [3.05, 3.63) is 42.5 Å². The molecule has 0 unspecified atom stereocenters. The molecule has 3 rings (SSSR count). The molecule has 0 bridgehead atoms. The summed E-state index contributed by atoms with van der Waals surface area (Å²) in [5.41, 5.74) is 0. The summed E-state index contributed by atoms with van der Waals surface area (Å²) in [6, 6.07) is 9.44. The number of carbonyl (C=O) groups excluding carboxylic acids is 1. The number of carbonyl (C=O) groups is 1. The zero-order valence-electron chi connectivity index (χ0n) is 15.2. The lowest BCUT2D eigenvalue weighted by Crippen LogP contribution is -2.58. The number of nitrogens with zero attached hydrogens (tertiary/aromatic N) is 4. The molecule has 1 aromatic carbocycles. The smallest absolute Gasteiger partial charge is 0.318 e. The molecule has 2 heterocycles. The molecule has 8 nitrogen and oxygen atoms in total. The SMILES string of the molecule is C[C@H](NC(=O)N1CC(OCCCOc2ccccc2)C1)c1nncn1C. The minimum absolute atomic E-state index is 0.0996. The van der Waals surface area contributed by atoms with E-state index >= 15 is 0 Å². The van der Waals surface area contributed by atoms with Crippen LogP contribution in [0, 0.1) is 0 Å². The number of amides is 2. The number of urea groups is 1. The highest BCUT2D eigenvalue weighted by atomic mass is 16.5. The molecular weight excluding hydrogens is 334 g/mol. The van der Waals surface area contributed by atoms with E-state index in [9.17, 15) is 4.79 Å². The lowest BCUT2D eigenvalue weighted by molar-refractivity contribution is -0.0386. The molecule has 1 aliphatic rings. The molecule has 0 radical (unpaired) electrons. The lowest BCUT2D eigenvalue weighted by Gasteiger charge is -2.39. The maximum Gasteiger partial charge on any atom is 0.318 e. The zero-order chi connectivity index (χ0) is 18.4.